The van der Waals surface area contributed by atoms with E-state index >= 15 is 0 Å². The Morgan fingerprint density at radius 1 is 1.05 bits per heavy atom. The molecule has 0 bridgehead atoms. The summed E-state index contributed by atoms with van der Waals surface area (Å²) in [4.78, 5) is 11.6. The Morgan fingerprint density at radius 2 is 1.71 bits per heavy atom. The average molecular weight is 322 g/mol. The van der Waals surface area contributed by atoms with Crippen molar-refractivity contribution in [3.05, 3.63) is 75.9 Å². The topological polar surface area (TPSA) is 38.3 Å². The number of benzene rings is 2. The minimum absolute atomic E-state index is 0.0174. The van der Waals surface area contributed by atoms with Gasteiger partial charge >= 0.3 is 6.09 Å². The molecule has 5 heteroatoms. The molecular weight excluding hydrogens is 309 g/mol. The van der Waals surface area contributed by atoms with Crippen LogP contribution in [-0.4, -0.2) is 6.09 Å². The fourth-order valence-electron chi connectivity index (χ4n) is 1.62. The van der Waals surface area contributed by atoms with Crippen molar-refractivity contribution in [1.29, 1.82) is 0 Å². The van der Waals surface area contributed by atoms with Crippen molar-refractivity contribution in [3.8, 4) is 0 Å². The molecule has 2 aromatic rings. The number of carbonyl (C=O) groups is 1. The van der Waals surface area contributed by atoms with E-state index in [9.17, 15) is 4.79 Å². The zero-order chi connectivity index (χ0) is 15.1. The number of amides is 1. The third kappa shape index (κ3) is 4.81. The number of ether oxygens (including phenoxy) is 1. The molecule has 0 aromatic heterocycles. The van der Waals surface area contributed by atoms with E-state index in [1.54, 1.807) is 24.3 Å². The Balaban J connectivity index is 1.84. The Hall–Kier alpha value is -1.97. The Labute approximate surface area is 133 Å². The van der Waals surface area contributed by atoms with Gasteiger partial charge in [-0.25, -0.2) is 4.79 Å². The summed E-state index contributed by atoms with van der Waals surface area (Å²) < 4.78 is 5.06. The van der Waals surface area contributed by atoms with Crippen molar-refractivity contribution < 1.29 is 9.53 Å². The van der Waals surface area contributed by atoms with Crippen LogP contribution in [-0.2, 0) is 11.3 Å². The van der Waals surface area contributed by atoms with Crippen LogP contribution in [0.15, 0.2) is 54.7 Å². The first kappa shape index (κ1) is 15.4. The number of hydrogen-bond donors (Lipinski definition) is 1. The van der Waals surface area contributed by atoms with Gasteiger partial charge in [0.05, 0.1) is 0 Å². The first-order valence-corrected chi connectivity index (χ1v) is 7.00. The second-order valence-electron chi connectivity index (χ2n) is 4.16. The molecular formula is C16H13Cl2NO2. The lowest BCUT2D eigenvalue weighted by atomic mass is 10.2. The molecule has 0 aliphatic carbocycles. The molecule has 0 saturated heterocycles. The van der Waals surface area contributed by atoms with Crippen LogP contribution in [0.1, 0.15) is 11.1 Å². The number of rotatable bonds is 4. The third-order valence-electron chi connectivity index (χ3n) is 2.69. The molecule has 0 spiro atoms. The molecule has 1 amide bonds. The smallest absolute Gasteiger partial charge is 0.411 e. The number of nitrogens with one attached hydrogen (secondary N) is 1. The largest absolute Gasteiger partial charge is 0.444 e. The summed E-state index contributed by atoms with van der Waals surface area (Å²) in [5.74, 6) is 0. The SMILES string of the molecule is O=C(NC=Cc1ccccc1)OCc1c(Cl)cccc1Cl. The molecule has 2 rings (SSSR count). The molecule has 0 saturated carbocycles. The van der Waals surface area contributed by atoms with Gasteiger partial charge in [-0.15, -0.1) is 0 Å². The second-order valence-corrected chi connectivity index (χ2v) is 4.98. The van der Waals surface area contributed by atoms with Gasteiger partial charge in [-0.1, -0.05) is 59.6 Å². The summed E-state index contributed by atoms with van der Waals surface area (Å²) in [6, 6.07) is 14.7. The van der Waals surface area contributed by atoms with Crippen LogP contribution in [0.2, 0.25) is 10.0 Å². The molecule has 2 aromatic carbocycles. The maximum Gasteiger partial charge on any atom is 0.411 e. The molecule has 0 radical (unpaired) electrons. The fourth-order valence-corrected chi connectivity index (χ4v) is 2.13. The first-order chi connectivity index (χ1) is 10.2. The van der Waals surface area contributed by atoms with Crippen LogP contribution in [0, 0.1) is 0 Å². The molecule has 3 nitrogen and oxygen atoms in total. The van der Waals surface area contributed by atoms with Crippen molar-refractivity contribution in [1.82, 2.24) is 5.32 Å². The first-order valence-electron chi connectivity index (χ1n) is 6.24. The van der Waals surface area contributed by atoms with Gasteiger partial charge < -0.3 is 4.74 Å². The van der Waals surface area contributed by atoms with Gasteiger partial charge in [0.25, 0.3) is 0 Å². The van der Waals surface area contributed by atoms with E-state index in [4.69, 9.17) is 27.9 Å². The van der Waals surface area contributed by atoms with Crippen LogP contribution in [0.3, 0.4) is 0 Å². The predicted molar refractivity (Wildman–Crippen MR) is 85.3 cm³/mol. The zero-order valence-electron chi connectivity index (χ0n) is 11.1. The number of alkyl carbamates (subject to hydrolysis) is 1. The average Bonchev–Trinajstić information content (AvgIpc) is 2.48. The van der Waals surface area contributed by atoms with Crippen LogP contribution in [0.4, 0.5) is 4.79 Å². The standard InChI is InChI=1S/C16H13Cl2NO2/c17-14-7-4-8-15(18)13(14)11-21-16(20)19-10-9-12-5-2-1-3-6-12/h1-10H,11H2,(H,19,20). The highest BCUT2D eigenvalue weighted by molar-refractivity contribution is 6.35. The highest BCUT2D eigenvalue weighted by atomic mass is 35.5. The summed E-state index contributed by atoms with van der Waals surface area (Å²) >= 11 is 12.0. The highest BCUT2D eigenvalue weighted by Crippen LogP contribution is 2.24. The van der Waals surface area contributed by atoms with E-state index < -0.39 is 6.09 Å². The van der Waals surface area contributed by atoms with E-state index in [-0.39, 0.29) is 6.61 Å². The molecule has 0 atom stereocenters. The van der Waals surface area contributed by atoms with Crippen molar-refractivity contribution in [2.24, 2.45) is 0 Å². The minimum atomic E-state index is -0.571. The van der Waals surface area contributed by atoms with Crippen LogP contribution in [0.5, 0.6) is 0 Å². The molecule has 0 heterocycles. The molecule has 0 aliphatic rings. The van der Waals surface area contributed by atoms with Crippen molar-refractivity contribution >= 4 is 35.4 Å². The van der Waals surface area contributed by atoms with Gasteiger partial charge in [0.1, 0.15) is 6.61 Å². The maximum absolute atomic E-state index is 11.6. The van der Waals surface area contributed by atoms with Gasteiger partial charge in [0.2, 0.25) is 0 Å². The van der Waals surface area contributed by atoms with Gasteiger partial charge in [0, 0.05) is 21.8 Å². The monoisotopic (exact) mass is 321 g/mol. The molecule has 1 N–H and O–H groups in total. The highest BCUT2D eigenvalue weighted by Gasteiger charge is 2.07. The number of hydrogen-bond acceptors (Lipinski definition) is 2. The summed E-state index contributed by atoms with van der Waals surface area (Å²) in [5, 5.41) is 3.45. The summed E-state index contributed by atoms with van der Waals surface area (Å²) in [7, 11) is 0. The van der Waals surface area contributed by atoms with Crippen molar-refractivity contribution in [3.63, 3.8) is 0 Å². The maximum atomic E-state index is 11.6. The number of halogens is 2. The molecule has 0 unspecified atom stereocenters. The molecule has 108 valence electrons. The van der Waals surface area contributed by atoms with Crippen LogP contribution in [0.25, 0.3) is 6.08 Å². The lowest BCUT2D eigenvalue weighted by Crippen LogP contribution is -2.18. The van der Waals surface area contributed by atoms with Gasteiger partial charge in [-0.3, -0.25) is 5.32 Å². The number of carbonyl (C=O) groups excluding carboxylic acids is 1. The molecule has 0 aliphatic heterocycles. The lowest BCUT2D eigenvalue weighted by molar-refractivity contribution is 0.143. The van der Waals surface area contributed by atoms with Gasteiger partial charge in [0.15, 0.2) is 0 Å². The van der Waals surface area contributed by atoms with Crippen molar-refractivity contribution in [2.75, 3.05) is 0 Å². The molecule has 21 heavy (non-hydrogen) atoms. The Kier molecular flexibility index (Phi) is 5.67. The third-order valence-corrected chi connectivity index (χ3v) is 3.39. The van der Waals surface area contributed by atoms with E-state index in [0.29, 0.717) is 15.6 Å². The summed E-state index contributed by atoms with van der Waals surface area (Å²) in [5.41, 5.74) is 1.56. The Bertz CT molecular complexity index is 622. The van der Waals surface area contributed by atoms with Gasteiger partial charge in [-0.05, 0) is 23.8 Å². The minimum Gasteiger partial charge on any atom is -0.444 e. The van der Waals surface area contributed by atoms with E-state index in [1.807, 2.05) is 30.3 Å². The van der Waals surface area contributed by atoms with Crippen LogP contribution < -0.4 is 5.32 Å². The summed E-state index contributed by atoms with van der Waals surface area (Å²) in [6.45, 7) is 0.0174. The van der Waals surface area contributed by atoms with Crippen molar-refractivity contribution in [2.45, 2.75) is 6.61 Å². The second kappa shape index (κ2) is 7.72. The summed E-state index contributed by atoms with van der Waals surface area (Å²) in [6.07, 6.45) is 2.72. The van der Waals surface area contributed by atoms with E-state index in [2.05, 4.69) is 5.32 Å². The van der Waals surface area contributed by atoms with E-state index in [1.165, 1.54) is 6.20 Å². The predicted octanol–water partition coefficient (Wildman–Crippen LogP) is 4.89. The fraction of sp³-hybridized carbons (Fsp3) is 0.0625. The van der Waals surface area contributed by atoms with E-state index in [0.717, 1.165) is 5.56 Å². The normalized spacial score (nSPS) is 10.6. The lowest BCUT2D eigenvalue weighted by Gasteiger charge is -2.07. The van der Waals surface area contributed by atoms with Crippen LogP contribution >= 0.6 is 23.2 Å². The Morgan fingerprint density at radius 3 is 2.38 bits per heavy atom. The van der Waals surface area contributed by atoms with Gasteiger partial charge in [-0.2, -0.15) is 0 Å². The molecule has 0 fully saturated rings. The quantitative estimate of drug-likeness (QED) is 0.870. The zero-order valence-corrected chi connectivity index (χ0v) is 12.6.